The van der Waals surface area contributed by atoms with Crippen LogP contribution in [0.3, 0.4) is 0 Å². The monoisotopic (exact) mass is 265 g/mol. The van der Waals surface area contributed by atoms with Gasteiger partial charge < -0.3 is 21.1 Å². The first kappa shape index (κ1) is 14.0. The first-order chi connectivity index (χ1) is 9.00. The molecule has 0 spiro atoms. The van der Waals surface area contributed by atoms with E-state index in [-0.39, 0.29) is 18.1 Å². The van der Waals surface area contributed by atoms with Crippen molar-refractivity contribution < 1.29 is 5.11 Å². The summed E-state index contributed by atoms with van der Waals surface area (Å²) in [6.45, 7) is 6.53. The molecular weight excluding hydrogens is 242 g/mol. The van der Waals surface area contributed by atoms with E-state index in [1.54, 1.807) is 6.20 Å². The first-order valence-corrected chi connectivity index (χ1v) is 6.68. The second-order valence-electron chi connectivity index (χ2n) is 5.91. The zero-order valence-corrected chi connectivity index (χ0v) is 11.6. The maximum absolute atomic E-state index is 9.23. The number of nitrogens with two attached hydrogens (primary N) is 1. The van der Waals surface area contributed by atoms with E-state index < -0.39 is 0 Å². The Morgan fingerprint density at radius 1 is 1.58 bits per heavy atom. The molecule has 1 fully saturated rings. The molecule has 0 radical (unpaired) electrons. The fourth-order valence-electron chi connectivity index (χ4n) is 1.98. The predicted octanol–water partition coefficient (Wildman–Crippen LogP) is 0.444. The van der Waals surface area contributed by atoms with E-state index in [1.807, 2.05) is 19.9 Å². The number of aromatic nitrogens is 2. The Kier molecular flexibility index (Phi) is 4.21. The number of rotatable bonds is 5. The average Bonchev–Trinajstić information content (AvgIpc) is 2.84. The summed E-state index contributed by atoms with van der Waals surface area (Å²) in [5.74, 6) is 1.51. The second-order valence-corrected chi connectivity index (χ2v) is 5.91. The number of aliphatic hydroxyl groups is 1. The summed E-state index contributed by atoms with van der Waals surface area (Å²) >= 11 is 0. The molecule has 0 unspecified atom stereocenters. The summed E-state index contributed by atoms with van der Waals surface area (Å²) < 4.78 is 0. The molecule has 1 aromatic rings. The molecule has 1 saturated heterocycles. The van der Waals surface area contributed by atoms with Crippen LogP contribution in [0.2, 0.25) is 0 Å². The molecule has 1 aromatic heterocycles. The predicted molar refractivity (Wildman–Crippen MR) is 76.2 cm³/mol. The zero-order chi connectivity index (χ0) is 13.9. The number of hydrogen-bond donors (Lipinski definition) is 3. The van der Waals surface area contributed by atoms with Crippen molar-refractivity contribution in [2.45, 2.75) is 26.3 Å². The summed E-state index contributed by atoms with van der Waals surface area (Å²) in [7, 11) is 0. The van der Waals surface area contributed by atoms with Crippen LogP contribution in [0.25, 0.3) is 0 Å². The van der Waals surface area contributed by atoms with Crippen LogP contribution < -0.4 is 16.0 Å². The molecule has 6 heteroatoms. The van der Waals surface area contributed by atoms with Crippen LogP contribution in [0.1, 0.15) is 20.3 Å². The molecule has 1 aliphatic rings. The van der Waals surface area contributed by atoms with Gasteiger partial charge in [-0.25, -0.2) is 4.98 Å². The SMILES string of the molecule is CC(C)(CO)CNc1nccc(N2CC[C@H](N)C2)n1. The Morgan fingerprint density at radius 3 is 3.00 bits per heavy atom. The molecule has 0 aromatic carbocycles. The van der Waals surface area contributed by atoms with Crippen LogP contribution >= 0.6 is 0 Å². The maximum atomic E-state index is 9.23. The molecule has 0 bridgehead atoms. The van der Waals surface area contributed by atoms with Crippen molar-refractivity contribution in [2.75, 3.05) is 36.5 Å². The van der Waals surface area contributed by atoms with Gasteiger partial charge >= 0.3 is 0 Å². The quantitative estimate of drug-likeness (QED) is 0.716. The lowest BCUT2D eigenvalue weighted by atomic mass is 9.95. The number of anilines is 2. The molecular formula is C13H23N5O. The molecule has 1 aliphatic heterocycles. The molecule has 0 amide bonds. The van der Waals surface area contributed by atoms with Gasteiger partial charge in [0.1, 0.15) is 5.82 Å². The van der Waals surface area contributed by atoms with Crippen molar-refractivity contribution in [1.29, 1.82) is 0 Å². The van der Waals surface area contributed by atoms with Crippen molar-refractivity contribution >= 4 is 11.8 Å². The van der Waals surface area contributed by atoms with Crippen LogP contribution in [-0.4, -0.2) is 47.4 Å². The van der Waals surface area contributed by atoms with E-state index in [0.29, 0.717) is 12.5 Å². The minimum absolute atomic E-state index is 0.126. The van der Waals surface area contributed by atoms with E-state index in [9.17, 15) is 5.11 Å². The second kappa shape index (κ2) is 5.71. The Hall–Kier alpha value is -1.40. The topological polar surface area (TPSA) is 87.3 Å². The van der Waals surface area contributed by atoms with Gasteiger partial charge in [0.2, 0.25) is 5.95 Å². The highest BCUT2D eigenvalue weighted by Crippen LogP contribution is 2.19. The Balaban J connectivity index is 1.99. The van der Waals surface area contributed by atoms with Gasteiger partial charge in [0.05, 0.1) is 0 Å². The summed E-state index contributed by atoms with van der Waals surface area (Å²) in [5, 5.41) is 12.4. The van der Waals surface area contributed by atoms with Crippen molar-refractivity contribution in [3.8, 4) is 0 Å². The maximum Gasteiger partial charge on any atom is 0.224 e. The van der Waals surface area contributed by atoms with Gasteiger partial charge in [-0.05, 0) is 12.5 Å². The molecule has 106 valence electrons. The highest BCUT2D eigenvalue weighted by atomic mass is 16.3. The molecule has 2 heterocycles. The third-order valence-electron chi connectivity index (χ3n) is 3.34. The Bertz CT molecular complexity index is 423. The molecule has 2 rings (SSSR count). The van der Waals surface area contributed by atoms with Crippen molar-refractivity contribution in [2.24, 2.45) is 11.1 Å². The normalized spacial score (nSPS) is 19.8. The highest BCUT2D eigenvalue weighted by molar-refractivity contribution is 5.43. The molecule has 6 nitrogen and oxygen atoms in total. The van der Waals surface area contributed by atoms with Gasteiger partial charge in [-0.3, -0.25) is 0 Å². The molecule has 1 atom stereocenters. The van der Waals surface area contributed by atoms with E-state index >= 15 is 0 Å². The van der Waals surface area contributed by atoms with Crippen LogP contribution in [0, 0.1) is 5.41 Å². The van der Waals surface area contributed by atoms with E-state index in [0.717, 1.165) is 25.3 Å². The fraction of sp³-hybridized carbons (Fsp3) is 0.692. The van der Waals surface area contributed by atoms with Gasteiger partial charge in [-0.15, -0.1) is 0 Å². The van der Waals surface area contributed by atoms with Crippen LogP contribution in [0.4, 0.5) is 11.8 Å². The lowest BCUT2D eigenvalue weighted by molar-refractivity contribution is 0.170. The summed E-state index contributed by atoms with van der Waals surface area (Å²) in [6, 6.07) is 2.14. The van der Waals surface area contributed by atoms with Gasteiger partial charge in [0, 0.05) is 43.9 Å². The van der Waals surface area contributed by atoms with Crippen LogP contribution in [0.15, 0.2) is 12.3 Å². The Labute approximate surface area is 114 Å². The fourth-order valence-corrected chi connectivity index (χ4v) is 1.98. The van der Waals surface area contributed by atoms with Crippen molar-refractivity contribution in [3.05, 3.63) is 12.3 Å². The number of hydrogen-bond acceptors (Lipinski definition) is 6. The summed E-state index contributed by atoms with van der Waals surface area (Å²) in [6.07, 6.45) is 2.75. The van der Waals surface area contributed by atoms with E-state index in [4.69, 9.17) is 5.73 Å². The lowest BCUT2D eigenvalue weighted by Gasteiger charge is -2.22. The van der Waals surface area contributed by atoms with Gasteiger partial charge in [-0.2, -0.15) is 4.98 Å². The average molecular weight is 265 g/mol. The third kappa shape index (κ3) is 3.78. The molecule has 4 N–H and O–H groups in total. The van der Waals surface area contributed by atoms with Crippen molar-refractivity contribution in [3.63, 3.8) is 0 Å². The highest BCUT2D eigenvalue weighted by Gasteiger charge is 2.21. The third-order valence-corrected chi connectivity index (χ3v) is 3.34. The van der Waals surface area contributed by atoms with Gasteiger partial charge in [-0.1, -0.05) is 13.8 Å². The molecule has 0 aliphatic carbocycles. The zero-order valence-electron chi connectivity index (χ0n) is 11.6. The minimum atomic E-state index is -0.185. The summed E-state index contributed by atoms with van der Waals surface area (Å²) in [4.78, 5) is 10.9. The van der Waals surface area contributed by atoms with Gasteiger partial charge in [0.25, 0.3) is 0 Å². The molecule has 19 heavy (non-hydrogen) atoms. The first-order valence-electron chi connectivity index (χ1n) is 6.68. The number of aliphatic hydroxyl groups excluding tert-OH is 1. The Morgan fingerprint density at radius 2 is 2.37 bits per heavy atom. The smallest absolute Gasteiger partial charge is 0.224 e. The van der Waals surface area contributed by atoms with Crippen LogP contribution in [-0.2, 0) is 0 Å². The number of nitrogens with one attached hydrogen (secondary N) is 1. The standard InChI is InChI=1S/C13H23N5O/c1-13(2,9-19)8-16-12-15-5-3-11(17-12)18-6-4-10(14)7-18/h3,5,10,19H,4,6-9,14H2,1-2H3,(H,15,16,17)/t10-/m0/s1. The van der Waals surface area contributed by atoms with E-state index in [1.165, 1.54) is 0 Å². The van der Waals surface area contributed by atoms with Crippen LogP contribution in [0.5, 0.6) is 0 Å². The molecule has 0 saturated carbocycles. The largest absolute Gasteiger partial charge is 0.396 e. The van der Waals surface area contributed by atoms with E-state index in [2.05, 4.69) is 20.2 Å². The van der Waals surface area contributed by atoms with Crippen molar-refractivity contribution in [1.82, 2.24) is 9.97 Å². The minimum Gasteiger partial charge on any atom is -0.396 e. The lowest BCUT2D eigenvalue weighted by Crippen LogP contribution is -2.28. The summed E-state index contributed by atoms with van der Waals surface area (Å²) in [5.41, 5.74) is 5.72. The number of nitrogens with zero attached hydrogens (tertiary/aromatic N) is 3. The van der Waals surface area contributed by atoms with Gasteiger partial charge in [0.15, 0.2) is 0 Å².